The Bertz CT molecular complexity index is 402. The molecule has 0 spiro atoms. The van der Waals surface area contributed by atoms with Crippen LogP contribution in [0.1, 0.15) is 32.6 Å². The molecule has 3 aliphatic rings. The Kier molecular flexibility index (Phi) is 7.37. The van der Waals surface area contributed by atoms with E-state index in [1.165, 1.54) is 19.4 Å². The topological polar surface area (TPSA) is 58.1 Å². The fourth-order valence-corrected chi connectivity index (χ4v) is 3.69. The van der Waals surface area contributed by atoms with Crippen LogP contribution in [0.3, 0.4) is 0 Å². The van der Waals surface area contributed by atoms with Crippen LogP contribution in [0.4, 0.5) is 0 Å². The lowest BCUT2D eigenvalue weighted by molar-refractivity contribution is -0.0453. The molecule has 0 radical (unpaired) electrons. The van der Waals surface area contributed by atoms with Gasteiger partial charge < -0.3 is 20.1 Å². The van der Waals surface area contributed by atoms with Gasteiger partial charge in [0.2, 0.25) is 0 Å². The lowest BCUT2D eigenvalue weighted by atomic mass is 10.0. The first-order chi connectivity index (χ1) is 10.7. The minimum atomic E-state index is -0.0538. The fourth-order valence-electron chi connectivity index (χ4n) is 3.69. The standard InChI is InChI=1S/C16H30N4O2.HI/c1-16(6-4-8-22-16)12-19-15(17-2)18-9-14-10-20-7-3-5-13(20)11-21-14;/h13-14H,3-12H2,1-2H3,(H2,17,18,19);1H. The number of nitrogens with zero attached hydrogens (tertiary/aromatic N) is 2. The lowest BCUT2D eigenvalue weighted by Gasteiger charge is -2.35. The van der Waals surface area contributed by atoms with Gasteiger partial charge in [-0.1, -0.05) is 0 Å². The lowest BCUT2D eigenvalue weighted by Crippen LogP contribution is -2.52. The molecule has 0 amide bonds. The van der Waals surface area contributed by atoms with Gasteiger partial charge in [0.05, 0.1) is 18.3 Å². The maximum absolute atomic E-state index is 5.97. The predicted molar refractivity (Wildman–Crippen MR) is 103 cm³/mol. The molecule has 0 aromatic heterocycles. The number of halogens is 1. The fraction of sp³-hybridized carbons (Fsp3) is 0.938. The third kappa shape index (κ3) is 5.17. The van der Waals surface area contributed by atoms with E-state index in [9.17, 15) is 0 Å². The molecule has 134 valence electrons. The van der Waals surface area contributed by atoms with Crippen molar-refractivity contribution in [3.8, 4) is 0 Å². The van der Waals surface area contributed by atoms with E-state index < -0.39 is 0 Å². The number of rotatable bonds is 4. The minimum absolute atomic E-state index is 0. The molecule has 6 nitrogen and oxygen atoms in total. The average molecular weight is 438 g/mol. The summed E-state index contributed by atoms with van der Waals surface area (Å²) in [6.45, 7) is 7.79. The molecule has 3 saturated heterocycles. The zero-order valence-corrected chi connectivity index (χ0v) is 16.7. The van der Waals surface area contributed by atoms with Crippen LogP contribution >= 0.6 is 24.0 Å². The maximum Gasteiger partial charge on any atom is 0.191 e. The predicted octanol–water partition coefficient (Wildman–Crippen LogP) is 1.20. The van der Waals surface area contributed by atoms with Crippen LogP contribution in [0, 0.1) is 0 Å². The normalized spacial score (nSPS) is 34.8. The van der Waals surface area contributed by atoms with Crippen LogP contribution in [0.2, 0.25) is 0 Å². The molecule has 0 aliphatic carbocycles. The van der Waals surface area contributed by atoms with E-state index in [4.69, 9.17) is 9.47 Å². The molecule has 3 fully saturated rings. The van der Waals surface area contributed by atoms with Gasteiger partial charge in [-0.05, 0) is 39.2 Å². The summed E-state index contributed by atoms with van der Waals surface area (Å²) in [5.74, 6) is 0.837. The molecule has 3 rings (SSSR count). The van der Waals surface area contributed by atoms with Gasteiger partial charge in [-0.15, -0.1) is 24.0 Å². The highest BCUT2D eigenvalue weighted by atomic mass is 127. The van der Waals surface area contributed by atoms with Gasteiger partial charge >= 0.3 is 0 Å². The van der Waals surface area contributed by atoms with Gasteiger partial charge in [-0.25, -0.2) is 0 Å². The zero-order chi connectivity index (χ0) is 15.4. The second-order valence-electron chi connectivity index (χ2n) is 6.95. The molecule has 2 N–H and O–H groups in total. The van der Waals surface area contributed by atoms with E-state index in [2.05, 4.69) is 27.4 Å². The monoisotopic (exact) mass is 438 g/mol. The number of guanidine groups is 1. The van der Waals surface area contributed by atoms with Crippen molar-refractivity contribution in [2.24, 2.45) is 4.99 Å². The Morgan fingerprint density at radius 3 is 2.96 bits per heavy atom. The molecule has 3 heterocycles. The van der Waals surface area contributed by atoms with Crippen LogP contribution in [-0.2, 0) is 9.47 Å². The summed E-state index contributed by atoms with van der Waals surface area (Å²) in [5, 5.41) is 6.77. The van der Waals surface area contributed by atoms with Crippen LogP contribution in [0.25, 0.3) is 0 Å². The first-order valence-corrected chi connectivity index (χ1v) is 8.63. The van der Waals surface area contributed by atoms with Crippen molar-refractivity contribution < 1.29 is 9.47 Å². The number of hydrogen-bond acceptors (Lipinski definition) is 4. The van der Waals surface area contributed by atoms with Crippen LogP contribution in [0.15, 0.2) is 4.99 Å². The molecule has 3 atom stereocenters. The molecule has 23 heavy (non-hydrogen) atoms. The van der Waals surface area contributed by atoms with Gasteiger partial charge in [0, 0.05) is 39.3 Å². The summed E-state index contributed by atoms with van der Waals surface area (Å²) in [6.07, 6.45) is 5.12. The second-order valence-corrected chi connectivity index (χ2v) is 6.95. The van der Waals surface area contributed by atoms with Crippen LogP contribution in [0.5, 0.6) is 0 Å². The highest BCUT2D eigenvalue weighted by molar-refractivity contribution is 14.0. The Labute approximate surface area is 156 Å². The third-order valence-electron chi connectivity index (χ3n) is 5.11. The first kappa shape index (κ1) is 19.2. The van der Waals surface area contributed by atoms with E-state index >= 15 is 0 Å². The second kappa shape index (κ2) is 8.82. The van der Waals surface area contributed by atoms with E-state index in [1.807, 2.05) is 7.05 Å². The van der Waals surface area contributed by atoms with Crippen LogP contribution in [-0.4, -0.2) is 75.0 Å². The Balaban J connectivity index is 0.00000192. The number of morpholine rings is 1. The third-order valence-corrected chi connectivity index (χ3v) is 5.11. The van der Waals surface area contributed by atoms with Gasteiger partial charge in [-0.2, -0.15) is 0 Å². The quantitative estimate of drug-likeness (QED) is 0.393. The van der Waals surface area contributed by atoms with Crippen molar-refractivity contribution in [3.63, 3.8) is 0 Å². The van der Waals surface area contributed by atoms with Crippen molar-refractivity contribution in [1.29, 1.82) is 0 Å². The van der Waals surface area contributed by atoms with Crippen molar-refractivity contribution in [2.45, 2.75) is 50.4 Å². The maximum atomic E-state index is 5.97. The molecule has 3 unspecified atom stereocenters. The van der Waals surface area contributed by atoms with Gasteiger partial charge in [0.25, 0.3) is 0 Å². The molecule has 3 aliphatic heterocycles. The van der Waals surface area contributed by atoms with Gasteiger partial charge in [0.15, 0.2) is 5.96 Å². The molecule has 0 saturated carbocycles. The Hall–Kier alpha value is -0.120. The zero-order valence-electron chi connectivity index (χ0n) is 14.3. The van der Waals surface area contributed by atoms with E-state index in [0.29, 0.717) is 6.04 Å². The first-order valence-electron chi connectivity index (χ1n) is 8.63. The minimum Gasteiger partial charge on any atom is -0.373 e. The highest BCUT2D eigenvalue weighted by Gasteiger charge is 2.32. The summed E-state index contributed by atoms with van der Waals surface area (Å²) in [7, 11) is 1.81. The summed E-state index contributed by atoms with van der Waals surface area (Å²) >= 11 is 0. The van der Waals surface area contributed by atoms with Gasteiger partial charge in [-0.3, -0.25) is 9.89 Å². The summed E-state index contributed by atoms with van der Waals surface area (Å²) in [4.78, 5) is 6.87. The molecule has 0 aromatic carbocycles. The largest absolute Gasteiger partial charge is 0.373 e. The summed E-state index contributed by atoms with van der Waals surface area (Å²) in [6, 6.07) is 0.660. The number of ether oxygens (including phenoxy) is 2. The summed E-state index contributed by atoms with van der Waals surface area (Å²) < 4.78 is 11.8. The number of hydrogen-bond donors (Lipinski definition) is 2. The summed E-state index contributed by atoms with van der Waals surface area (Å²) in [5.41, 5.74) is -0.0538. The molecular weight excluding hydrogens is 407 g/mol. The Morgan fingerprint density at radius 1 is 1.35 bits per heavy atom. The van der Waals surface area contributed by atoms with E-state index in [-0.39, 0.29) is 35.7 Å². The van der Waals surface area contributed by atoms with Crippen LogP contribution < -0.4 is 10.6 Å². The number of fused-ring (bicyclic) bond motifs is 1. The van der Waals surface area contributed by atoms with E-state index in [0.717, 1.165) is 51.6 Å². The average Bonchev–Trinajstić information content (AvgIpc) is 3.16. The molecular formula is C16H31IN4O2. The van der Waals surface area contributed by atoms with Crippen molar-refractivity contribution in [1.82, 2.24) is 15.5 Å². The number of aliphatic imine (C=N–C) groups is 1. The van der Waals surface area contributed by atoms with E-state index in [1.54, 1.807) is 0 Å². The Morgan fingerprint density at radius 2 is 2.22 bits per heavy atom. The molecule has 7 heteroatoms. The number of nitrogens with one attached hydrogen (secondary N) is 2. The SMILES string of the molecule is CN=C(NCC1CN2CCCC2CO1)NCC1(C)CCCO1.I. The van der Waals surface area contributed by atoms with Crippen molar-refractivity contribution in [3.05, 3.63) is 0 Å². The highest BCUT2D eigenvalue weighted by Crippen LogP contribution is 2.24. The van der Waals surface area contributed by atoms with Gasteiger partial charge in [0.1, 0.15) is 0 Å². The molecule has 0 bridgehead atoms. The van der Waals surface area contributed by atoms with Crippen molar-refractivity contribution >= 4 is 29.9 Å². The van der Waals surface area contributed by atoms with Crippen molar-refractivity contribution in [2.75, 3.05) is 46.4 Å². The smallest absolute Gasteiger partial charge is 0.191 e. The molecule has 0 aromatic rings.